The monoisotopic (exact) mass is 342 g/mol. The summed E-state index contributed by atoms with van der Waals surface area (Å²) < 4.78 is 10.7. The number of hydrogen-bond acceptors (Lipinski definition) is 5. The number of amides is 1. The molecule has 2 saturated heterocycles. The van der Waals surface area contributed by atoms with Gasteiger partial charge >= 0.3 is 5.63 Å². The molecule has 23 heavy (non-hydrogen) atoms. The predicted octanol–water partition coefficient (Wildman–Crippen LogP) is 1.31. The van der Waals surface area contributed by atoms with Crippen LogP contribution in [0.15, 0.2) is 15.3 Å². The van der Waals surface area contributed by atoms with Gasteiger partial charge in [0, 0.05) is 19.0 Å². The van der Waals surface area contributed by atoms with E-state index in [0.29, 0.717) is 37.6 Å². The van der Waals surface area contributed by atoms with Crippen LogP contribution in [0.5, 0.6) is 0 Å². The zero-order valence-corrected chi connectivity index (χ0v) is 14.1. The molecule has 3 rings (SSSR count). The fourth-order valence-corrected chi connectivity index (χ4v) is 3.12. The Morgan fingerprint density at radius 1 is 1.26 bits per heavy atom. The molecule has 0 atom stereocenters. The third-order valence-corrected chi connectivity index (χ3v) is 4.42. The number of carbonyl (C=O) groups is 1. The predicted molar refractivity (Wildman–Crippen MR) is 88.5 cm³/mol. The largest absolute Gasteiger partial charge is 0.427 e. The molecule has 0 bridgehead atoms. The molecular weight excluding hydrogens is 320 g/mol. The normalized spacial score (nSPS) is 19.3. The summed E-state index contributed by atoms with van der Waals surface area (Å²) in [6, 6.07) is 1.87. The number of hydrogen-bond donors (Lipinski definition) is 1. The van der Waals surface area contributed by atoms with Crippen LogP contribution in [-0.4, -0.2) is 50.2 Å². The Labute approximate surface area is 141 Å². The van der Waals surface area contributed by atoms with E-state index in [2.05, 4.69) is 5.32 Å². The zero-order valence-electron chi connectivity index (χ0n) is 13.3. The van der Waals surface area contributed by atoms with Crippen LogP contribution < -0.4 is 10.9 Å². The van der Waals surface area contributed by atoms with Gasteiger partial charge in [0.05, 0.1) is 13.2 Å². The van der Waals surface area contributed by atoms with Gasteiger partial charge in [0.25, 0.3) is 5.91 Å². The molecule has 1 aromatic heterocycles. The Hall–Kier alpha value is -1.37. The van der Waals surface area contributed by atoms with Crippen molar-refractivity contribution in [1.82, 2.24) is 10.2 Å². The van der Waals surface area contributed by atoms with Crippen molar-refractivity contribution in [3.05, 3.63) is 33.4 Å². The number of halogens is 1. The highest BCUT2D eigenvalue weighted by atomic mass is 35.5. The van der Waals surface area contributed by atoms with Crippen molar-refractivity contribution in [3.8, 4) is 0 Å². The van der Waals surface area contributed by atoms with Crippen LogP contribution >= 0.6 is 12.4 Å². The number of piperidine rings is 1. The quantitative estimate of drug-likeness (QED) is 0.877. The fraction of sp³-hybridized carbons (Fsp3) is 0.625. The van der Waals surface area contributed by atoms with E-state index in [1.54, 1.807) is 4.90 Å². The minimum atomic E-state index is -0.509. The summed E-state index contributed by atoms with van der Waals surface area (Å²) in [6.07, 6.45) is 1.91. The van der Waals surface area contributed by atoms with Gasteiger partial charge in [-0.2, -0.15) is 0 Å². The van der Waals surface area contributed by atoms with Gasteiger partial charge in [0.2, 0.25) is 0 Å². The van der Waals surface area contributed by atoms with E-state index in [-0.39, 0.29) is 29.8 Å². The van der Waals surface area contributed by atoms with Crippen molar-refractivity contribution in [1.29, 1.82) is 0 Å². The molecular formula is C16H23ClN2O4. The molecule has 2 aliphatic rings. The standard InChI is InChI=1S/C16H22N2O4.ClH/c1-11-10-13(12-2-4-17-5-3-12)22-16(20)14(11)15(19)18-6-8-21-9-7-18;/h10,12,17H,2-9H2,1H3;1H. The molecule has 3 heterocycles. The average Bonchev–Trinajstić information content (AvgIpc) is 2.55. The Kier molecular flexibility index (Phi) is 6.21. The Bertz CT molecular complexity index is 605. The average molecular weight is 343 g/mol. The first-order valence-electron chi connectivity index (χ1n) is 7.89. The lowest BCUT2D eigenvalue weighted by molar-refractivity contribution is 0.0299. The number of carbonyl (C=O) groups excluding carboxylic acids is 1. The van der Waals surface area contributed by atoms with E-state index in [9.17, 15) is 9.59 Å². The number of nitrogens with zero attached hydrogens (tertiary/aromatic N) is 1. The van der Waals surface area contributed by atoms with E-state index >= 15 is 0 Å². The smallest absolute Gasteiger partial charge is 0.349 e. The summed E-state index contributed by atoms with van der Waals surface area (Å²) in [5, 5.41) is 3.29. The molecule has 0 unspecified atom stereocenters. The third-order valence-electron chi connectivity index (χ3n) is 4.42. The summed E-state index contributed by atoms with van der Waals surface area (Å²) in [7, 11) is 0. The molecule has 128 valence electrons. The summed E-state index contributed by atoms with van der Waals surface area (Å²) in [6.45, 7) is 5.76. The number of rotatable bonds is 2. The lowest BCUT2D eigenvalue weighted by Crippen LogP contribution is -2.42. The van der Waals surface area contributed by atoms with Gasteiger partial charge in [0.1, 0.15) is 11.3 Å². The lowest BCUT2D eigenvalue weighted by Gasteiger charge is -2.27. The summed E-state index contributed by atoms with van der Waals surface area (Å²) >= 11 is 0. The van der Waals surface area contributed by atoms with Crippen molar-refractivity contribution >= 4 is 18.3 Å². The van der Waals surface area contributed by atoms with Crippen molar-refractivity contribution in [3.63, 3.8) is 0 Å². The highest BCUT2D eigenvalue weighted by Crippen LogP contribution is 2.25. The Morgan fingerprint density at radius 3 is 2.52 bits per heavy atom. The molecule has 1 N–H and O–H groups in total. The van der Waals surface area contributed by atoms with Gasteiger partial charge in [-0.05, 0) is 44.5 Å². The first kappa shape index (κ1) is 18.0. The van der Waals surface area contributed by atoms with Crippen LogP contribution in [0.2, 0.25) is 0 Å². The van der Waals surface area contributed by atoms with Gasteiger partial charge < -0.3 is 19.4 Å². The molecule has 1 amide bonds. The molecule has 7 heteroatoms. The molecule has 0 aromatic carbocycles. The van der Waals surface area contributed by atoms with Crippen LogP contribution in [0, 0.1) is 6.92 Å². The lowest BCUT2D eigenvalue weighted by atomic mass is 9.94. The molecule has 0 spiro atoms. The van der Waals surface area contributed by atoms with Gasteiger partial charge in [-0.3, -0.25) is 4.79 Å². The first-order chi connectivity index (χ1) is 10.7. The minimum Gasteiger partial charge on any atom is -0.427 e. The second-order valence-corrected chi connectivity index (χ2v) is 5.92. The van der Waals surface area contributed by atoms with Crippen molar-refractivity contribution in [2.45, 2.75) is 25.7 Å². The molecule has 6 nitrogen and oxygen atoms in total. The topological polar surface area (TPSA) is 71.8 Å². The Morgan fingerprint density at radius 2 is 1.91 bits per heavy atom. The van der Waals surface area contributed by atoms with E-state index < -0.39 is 5.63 Å². The van der Waals surface area contributed by atoms with E-state index in [1.165, 1.54) is 0 Å². The molecule has 0 aliphatic carbocycles. The Balaban J connectivity index is 0.00000192. The zero-order chi connectivity index (χ0) is 15.5. The van der Waals surface area contributed by atoms with E-state index in [4.69, 9.17) is 9.15 Å². The number of morpholine rings is 1. The van der Waals surface area contributed by atoms with Crippen LogP contribution in [-0.2, 0) is 4.74 Å². The SMILES string of the molecule is Cc1cc(C2CCNCC2)oc(=O)c1C(=O)N1CCOCC1.Cl. The van der Waals surface area contributed by atoms with Gasteiger partial charge in [-0.15, -0.1) is 12.4 Å². The van der Waals surface area contributed by atoms with E-state index in [1.807, 2.05) is 13.0 Å². The third kappa shape index (κ3) is 3.94. The molecule has 0 saturated carbocycles. The van der Waals surface area contributed by atoms with Gasteiger partial charge in [0.15, 0.2) is 0 Å². The summed E-state index contributed by atoms with van der Waals surface area (Å²) in [5.41, 5.74) is 0.367. The highest BCUT2D eigenvalue weighted by Gasteiger charge is 2.26. The second kappa shape index (κ2) is 7.95. The van der Waals surface area contributed by atoms with Crippen LogP contribution in [0.1, 0.15) is 40.4 Å². The number of ether oxygens (including phenoxy) is 1. The van der Waals surface area contributed by atoms with Crippen LogP contribution in [0.4, 0.5) is 0 Å². The van der Waals surface area contributed by atoms with Crippen molar-refractivity contribution < 1.29 is 13.9 Å². The van der Waals surface area contributed by atoms with Gasteiger partial charge in [-0.1, -0.05) is 0 Å². The van der Waals surface area contributed by atoms with Crippen LogP contribution in [0.3, 0.4) is 0 Å². The highest BCUT2D eigenvalue weighted by molar-refractivity contribution is 5.95. The van der Waals surface area contributed by atoms with Gasteiger partial charge in [-0.25, -0.2) is 4.79 Å². The molecule has 2 fully saturated rings. The number of aryl methyl sites for hydroxylation is 1. The summed E-state index contributed by atoms with van der Waals surface area (Å²) in [5.74, 6) is 0.731. The first-order valence-corrected chi connectivity index (χ1v) is 7.89. The van der Waals surface area contributed by atoms with Crippen molar-refractivity contribution in [2.75, 3.05) is 39.4 Å². The maximum Gasteiger partial charge on any atom is 0.349 e. The molecule has 2 aliphatic heterocycles. The summed E-state index contributed by atoms with van der Waals surface area (Å²) in [4.78, 5) is 26.5. The van der Waals surface area contributed by atoms with E-state index in [0.717, 1.165) is 25.9 Å². The number of nitrogens with one attached hydrogen (secondary N) is 1. The van der Waals surface area contributed by atoms with Crippen LogP contribution in [0.25, 0.3) is 0 Å². The second-order valence-electron chi connectivity index (χ2n) is 5.92. The molecule has 0 radical (unpaired) electrons. The molecule has 1 aromatic rings. The fourth-order valence-electron chi connectivity index (χ4n) is 3.12. The maximum absolute atomic E-state index is 12.5. The maximum atomic E-state index is 12.5. The van der Waals surface area contributed by atoms with Crippen molar-refractivity contribution in [2.24, 2.45) is 0 Å². The minimum absolute atomic E-state index is 0.